The quantitative estimate of drug-likeness (QED) is 0.204. The van der Waals surface area contributed by atoms with Gasteiger partial charge in [-0.3, -0.25) is 0 Å². The van der Waals surface area contributed by atoms with Crippen molar-refractivity contribution in [3.05, 3.63) is 108 Å². The van der Waals surface area contributed by atoms with Crippen molar-refractivity contribution in [1.82, 2.24) is 15.5 Å². The van der Waals surface area contributed by atoms with Crippen LogP contribution in [0.5, 0.6) is 0 Å². The van der Waals surface area contributed by atoms with Crippen molar-refractivity contribution in [2.45, 2.75) is 89.3 Å². The molecule has 3 aromatic rings. The number of nitrogens with one attached hydrogen (secondary N) is 2. The molecular weight excluding hydrogens is 570 g/mol. The summed E-state index contributed by atoms with van der Waals surface area (Å²) in [6.45, 7) is 8.97. The first-order valence-corrected chi connectivity index (χ1v) is 15.4. The Labute approximate surface area is 267 Å². The van der Waals surface area contributed by atoms with Crippen LogP contribution in [-0.4, -0.2) is 75.8 Å². The number of carboxylic acid groups (broad SMARTS) is 1. The van der Waals surface area contributed by atoms with Crippen molar-refractivity contribution in [2.75, 3.05) is 13.1 Å². The van der Waals surface area contributed by atoms with Gasteiger partial charge in [-0.25, -0.2) is 4.79 Å². The SMILES string of the molecule is CC(C)(C)OC(=O)N[C@@H](Cc1ccccc1)[C@H](O)CNC[C@@H](O)[C@H](Cc1ccccc1)N(C(=O)[O-])C(C)(C)Cc1ccccc1. The summed E-state index contributed by atoms with van der Waals surface area (Å²) >= 11 is 0. The molecule has 9 heteroatoms. The first-order chi connectivity index (χ1) is 21.2. The monoisotopic (exact) mass is 618 g/mol. The van der Waals surface area contributed by atoms with Gasteiger partial charge >= 0.3 is 6.09 Å². The number of amides is 2. The molecule has 0 unspecified atom stereocenters. The highest BCUT2D eigenvalue weighted by Gasteiger charge is 2.37. The van der Waals surface area contributed by atoms with Crippen LogP contribution >= 0.6 is 0 Å². The highest BCUT2D eigenvalue weighted by molar-refractivity contribution is 5.68. The predicted octanol–water partition coefficient (Wildman–Crippen LogP) is 3.71. The fraction of sp³-hybridized carbons (Fsp3) is 0.444. The molecule has 0 bridgehead atoms. The number of ether oxygens (including phenoxy) is 1. The van der Waals surface area contributed by atoms with Gasteiger partial charge in [0, 0.05) is 18.6 Å². The molecule has 0 heterocycles. The van der Waals surface area contributed by atoms with Crippen molar-refractivity contribution < 1.29 is 29.6 Å². The largest absolute Gasteiger partial charge is 0.530 e. The average Bonchev–Trinajstić information content (AvgIpc) is 2.96. The summed E-state index contributed by atoms with van der Waals surface area (Å²) in [6, 6.07) is 27.0. The van der Waals surface area contributed by atoms with Gasteiger partial charge in [-0.05, 0) is 70.6 Å². The topological polar surface area (TPSA) is 134 Å². The van der Waals surface area contributed by atoms with Crippen LogP contribution < -0.4 is 15.7 Å². The van der Waals surface area contributed by atoms with E-state index in [4.69, 9.17) is 4.74 Å². The maximum atomic E-state index is 12.7. The molecule has 2 amide bonds. The van der Waals surface area contributed by atoms with E-state index in [1.807, 2.05) is 105 Å². The zero-order valence-corrected chi connectivity index (χ0v) is 27.0. The number of hydrogen-bond donors (Lipinski definition) is 4. The number of hydrogen-bond acceptors (Lipinski definition) is 7. The molecule has 244 valence electrons. The Morgan fingerprint density at radius 3 is 1.71 bits per heavy atom. The number of aliphatic hydroxyl groups excluding tert-OH is 2. The molecule has 45 heavy (non-hydrogen) atoms. The van der Waals surface area contributed by atoms with Crippen molar-refractivity contribution >= 4 is 12.2 Å². The van der Waals surface area contributed by atoms with Crippen LogP contribution in [0.1, 0.15) is 51.3 Å². The molecule has 0 spiro atoms. The molecule has 0 aliphatic heterocycles. The van der Waals surface area contributed by atoms with Crippen LogP contribution in [0.15, 0.2) is 91.0 Å². The van der Waals surface area contributed by atoms with Gasteiger partial charge < -0.3 is 40.4 Å². The zero-order chi connectivity index (χ0) is 33.0. The minimum Gasteiger partial charge on any atom is -0.530 e. The molecule has 0 radical (unpaired) electrons. The third-order valence-corrected chi connectivity index (χ3v) is 7.56. The van der Waals surface area contributed by atoms with Gasteiger partial charge in [0.2, 0.25) is 0 Å². The van der Waals surface area contributed by atoms with Gasteiger partial charge in [0.25, 0.3) is 0 Å². The van der Waals surface area contributed by atoms with Crippen LogP contribution in [0.3, 0.4) is 0 Å². The van der Waals surface area contributed by atoms with Crippen molar-refractivity contribution in [2.24, 2.45) is 0 Å². The summed E-state index contributed by atoms with van der Waals surface area (Å²) in [5.41, 5.74) is 1.14. The van der Waals surface area contributed by atoms with Crippen molar-refractivity contribution in [1.29, 1.82) is 0 Å². The summed E-state index contributed by atoms with van der Waals surface area (Å²) in [7, 11) is 0. The van der Waals surface area contributed by atoms with Crippen LogP contribution in [0, 0.1) is 0 Å². The molecule has 4 atom stereocenters. The molecule has 3 aromatic carbocycles. The van der Waals surface area contributed by atoms with Crippen LogP contribution in [0.2, 0.25) is 0 Å². The van der Waals surface area contributed by atoms with E-state index in [2.05, 4.69) is 10.6 Å². The average molecular weight is 619 g/mol. The van der Waals surface area contributed by atoms with E-state index in [-0.39, 0.29) is 19.5 Å². The lowest BCUT2D eigenvalue weighted by molar-refractivity contribution is -0.276. The number of alkyl carbamates (subject to hydrolysis) is 1. The highest BCUT2D eigenvalue weighted by atomic mass is 16.6. The molecular formula is C36H48N3O6-. The van der Waals surface area contributed by atoms with Crippen LogP contribution in [0.25, 0.3) is 0 Å². The molecule has 0 aliphatic rings. The molecule has 0 saturated carbocycles. The van der Waals surface area contributed by atoms with E-state index in [0.29, 0.717) is 12.8 Å². The van der Waals surface area contributed by atoms with Gasteiger partial charge in [0.15, 0.2) is 0 Å². The maximum absolute atomic E-state index is 12.7. The van der Waals surface area contributed by atoms with E-state index in [1.54, 1.807) is 20.8 Å². The third kappa shape index (κ3) is 11.8. The van der Waals surface area contributed by atoms with E-state index in [0.717, 1.165) is 16.7 Å². The predicted molar refractivity (Wildman–Crippen MR) is 174 cm³/mol. The van der Waals surface area contributed by atoms with Gasteiger partial charge in [-0.1, -0.05) is 91.0 Å². The Balaban J connectivity index is 1.76. The van der Waals surface area contributed by atoms with E-state index in [1.165, 1.54) is 4.90 Å². The van der Waals surface area contributed by atoms with Crippen molar-refractivity contribution in [3.63, 3.8) is 0 Å². The Morgan fingerprint density at radius 2 is 1.22 bits per heavy atom. The molecule has 0 aromatic heterocycles. The van der Waals surface area contributed by atoms with E-state index >= 15 is 0 Å². The zero-order valence-electron chi connectivity index (χ0n) is 27.0. The van der Waals surface area contributed by atoms with Gasteiger partial charge in [-0.15, -0.1) is 0 Å². The number of carbonyl (C=O) groups is 2. The Hall–Kier alpha value is -3.92. The lowest BCUT2D eigenvalue weighted by Gasteiger charge is -2.47. The summed E-state index contributed by atoms with van der Waals surface area (Å²) in [6.07, 6.45) is -3.16. The molecule has 0 aliphatic carbocycles. The number of rotatable bonds is 15. The number of benzene rings is 3. The number of nitrogens with zero attached hydrogens (tertiary/aromatic N) is 1. The normalized spacial score (nSPS) is 14.6. The minimum atomic E-state index is -1.37. The summed E-state index contributed by atoms with van der Waals surface area (Å²) in [5.74, 6) is 0. The van der Waals surface area contributed by atoms with Crippen molar-refractivity contribution in [3.8, 4) is 0 Å². The summed E-state index contributed by atoms with van der Waals surface area (Å²) < 4.78 is 5.42. The first kappa shape index (κ1) is 35.6. The first-order valence-electron chi connectivity index (χ1n) is 15.4. The third-order valence-electron chi connectivity index (χ3n) is 7.56. The Morgan fingerprint density at radius 1 is 0.756 bits per heavy atom. The number of carbonyl (C=O) groups excluding carboxylic acids is 2. The maximum Gasteiger partial charge on any atom is 0.407 e. The fourth-order valence-electron chi connectivity index (χ4n) is 5.53. The Kier molecular flexibility index (Phi) is 13.0. The second-order valence-electron chi connectivity index (χ2n) is 13.1. The van der Waals surface area contributed by atoms with Gasteiger partial charge in [-0.2, -0.15) is 0 Å². The lowest BCUT2D eigenvalue weighted by Crippen LogP contribution is -2.63. The smallest absolute Gasteiger partial charge is 0.407 e. The second kappa shape index (κ2) is 16.4. The highest BCUT2D eigenvalue weighted by Crippen LogP contribution is 2.26. The van der Waals surface area contributed by atoms with E-state index < -0.39 is 47.6 Å². The van der Waals surface area contributed by atoms with E-state index in [9.17, 15) is 24.9 Å². The molecule has 0 fully saturated rings. The standard InChI is InChI=1S/C36H49N3O6/c1-35(2,3)45-33(42)38-29(21-26-15-9-6-10-16-26)31(40)24-37-25-32(41)30(22-27-17-11-7-12-18-27)39(34(43)44)36(4,5)23-28-19-13-8-14-20-28/h6-20,29-32,37,40-41H,21-25H2,1-5H3,(H,38,42)(H,43,44)/p-1/t29-,30-,31+,32+/m0/s1. The molecule has 4 N–H and O–H groups in total. The second-order valence-corrected chi connectivity index (χ2v) is 13.1. The fourth-order valence-corrected chi connectivity index (χ4v) is 5.53. The lowest BCUT2D eigenvalue weighted by atomic mass is 9.88. The van der Waals surface area contributed by atoms with Gasteiger partial charge in [0.05, 0.1) is 24.3 Å². The minimum absolute atomic E-state index is 0.00967. The Bertz CT molecular complexity index is 1310. The summed E-state index contributed by atoms with van der Waals surface area (Å²) in [5, 5.41) is 41.3. The molecule has 9 nitrogen and oxygen atoms in total. The van der Waals surface area contributed by atoms with Crippen LogP contribution in [0.4, 0.5) is 9.59 Å². The van der Waals surface area contributed by atoms with Gasteiger partial charge in [0.1, 0.15) is 11.7 Å². The summed E-state index contributed by atoms with van der Waals surface area (Å²) in [4.78, 5) is 26.6. The molecule has 0 saturated heterocycles. The molecule has 3 rings (SSSR count). The van der Waals surface area contributed by atoms with Crippen LogP contribution in [-0.2, 0) is 24.0 Å². The number of aliphatic hydroxyl groups is 2.